The van der Waals surface area contributed by atoms with Crippen LogP contribution in [0.1, 0.15) is 64.5 Å². The Kier molecular flexibility index (Phi) is 8.94. The lowest BCUT2D eigenvalue weighted by Gasteiger charge is -2.44. The molecule has 0 saturated carbocycles. The minimum atomic E-state index is -2.71. The predicted octanol–water partition coefficient (Wildman–Crippen LogP) is 7.95. The lowest BCUT2D eigenvalue weighted by Crippen LogP contribution is -2.67. The smallest absolute Gasteiger partial charge is 0.261 e. The lowest BCUT2D eigenvalue weighted by molar-refractivity contribution is 0.116. The highest BCUT2D eigenvalue weighted by Gasteiger charge is 2.50. The van der Waals surface area contributed by atoms with E-state index in [1.807, 2.05) is 37.4 Å². The van der Waals surface area contributed by atoms with Crippen molar-refractivity contribution in [2.75, 3.05) is 13.7 Å². The minimum Gasteiger partial charge on any atom is -0.407 e. The van der Waals surface area contributed by atoms with Gasteiger partial charge in [-0.3, -0.25) is 4.98 Å². The predicted molar refractivity (Wildman–Crippen MR) is 183 cm³/mol. The number of nitrogens with one attached hydrogen (secondary N) is 1. The summed E-state index contributed by atoms with van der Waals surface area (Å²) in [6, 6.07) is 33.8. The van der Waals surface area contributed by atoms with Crippen LogP contribution >= 0.6 is 0 Å². The highest BCUT2D eigenvalue weighted by Crippen LogP contribution is 2.41. The molecule has 5 nitrogen and oxygen atoms in total. The van der Waals surface area contributed by atoms with E-state index in [9.17, 15) is 5.26 Å². The molecule has 1 unspecified atom stereocenters. The molecule has 226 valence electrons. The SMILES string of the molecule is COC(C)c1ncccc1-c1[nH]c2ccc(C#N)cc2c1CC(C)(C)CO[Si](c1ccccc1)(c1ccccc1)C(C)(C)C. The van der Waals surface area contributed by atoms with E-state index in [4.69, 9.17) is 14.1 Å². The number of hydrogen-bond donors (Lipinski definition) is 1. The van der Waals surface area contributed by atoms with Crippen LogP contribution in [0.2, 0.25) is 5.04 Å². The number of rotatable bonds is 10. The quantitative estimate of drug-likeness (QED) is 0.165. The Morgan fingerprint density at radius 2 is 1.52 bits per heavy atom. The van der Waals surface area contributed by atoms with Crippen LogP contribution < -0.4 is 10.4 Å². The van der Waals surface area contributed by atoms with Crippen molar-refractivity contribution in [1.29, 1.82) is 5.26 Å². The molecule has 0 spiro atoms. The Hall–Kier alpha value is -4.02. The number of hydrogen-bond acceptors (Lipinski definition) is 4. The summed E-state index contributed by atoms with van der Waals surface area (Å²) in [7, 11) is -1.00. The van der Waals surface area contributed by atoms with E-state index in [1.54, 1.807) is 7.11 Å². The molecule has 2 heterocycles. The number of aromatic nitrogens is 2. The number of methoxy groups -OCH3 is 1. The van der Waals surface area contributed by atoms with E-state index in [0.717, 1.165) is 39.8 Å². The van der Waals surface area contributed by atoms with Crippen LogP contribution in [0.4, 0.5) is 0 Å². The second-order valence-electron chi connectivity index (χ2n) is 13.5. The first kappa shape index (κ1) is 31.4. The second kappa shape index (κ2) is 12.5. The Labute approximate surface area is 263 Å². The summed E-state index contributed by atoms with van der Waals surface area (Å²) in [5, 5.41) is 13.2. The molecule has 44 heavy (non-hydrogen) atoms. The van der Waals surface area contributed by atoms with Gasteiger partial charge in [-0.2, -0.15) is 5.26 Å². The van der Waals surface area contributed by atoms with Gasteiger partial charge in [0, 0.05) is 36.4 Å². The molecule has 1 N–H and O–H groups in total. The molecule has 0 aliphatic heterocycles. The third-order valence-electron chi connectivity index (χ3n) is 8.63. The molecule has 5 rings (SSSR count). The number of nitrogens with zero attached hydrogens (tertiary/aromatic N) is 2. The average molecular weight is 602 g/mol. The van der Waals surface area contributed by atoms with Gasteiger partial charge in [0.1, 0.15) is 0 Å². The third-order valence-corrected chi connectivity index (χ3v) is 13.6. The molecule has 0 bridgehead atoms. The fourth-order valence-electron chi connectivity index (χ4n) is 6.39. The summed E-state index contributed by atoms with van der Waals surface area (Å²) < 4.78 is 13.1. The summed E-state index contributed by atoms with van der Waals surface area (Å²) in [4.78, 5) is 8.40. The van der Waals surface area contributed by atoms with E-state index >= 15 is 0 Å². The molecular weight excluding hydrogens is 559 g/mol. The van der Waals surface area contributed by atoms with E-state index in [0.29, 0.717) is 12.2 Å². The van der Waals surface area contributed by atoms with E-state index in [2.05, 4.69) is 112 Å². The van der Waals surface area contributed by atoms with Crippen molar-refractivity contribution < 1.29 is 9.16 Å². The molecule has 6 heteroatoms. The second-order valence-corrected chi connectivity index (χ2v) is 17.8. The Balaban J connectivity index is 1.61. The fraction of sp³-hybridized carbons (Fsp3) is 0.316. The monoisotopic (exact) mass is 601 g/mol. The first-order valence-electron chi connectivity index (χ1n) is 15.3. The van der Waals surface area contributed by atoms with Crippen LogP contribution in [0.3, 0.4) is 0 Å². The number of nitriles is 1. The van der Waals surface area contributed by atoms with Crippen LogP contribution in [0, 0.1) is 16.7 Å². The zero-order valence-electron chi connectivity index (χ0n) is 26.9. The maximum absolute atomic E-state index is 9.76. The molecule has 1 atom stereocenters. The van der Waals surface area contributed by atoms with Crippen molar-refractivity contribution in [3.63, 3.8) is 0 Å². The van der Waals surface area contributed by atoms with E-state index in [-0.39, 0.29) is 16.6 Å². The van der Waals surface area contributed by atoms with Crippen molar-refractivity contribution in [2.24, 2.45) is 5.41 Å². The van der Waals surface area contributed by atoms with Crippen LogP contribution in [0.15, 0.2) is 97.2 Å². The molecule has 3 aromatic carbocycles. The van der Waals surface area contributed by atoms with Gasteiger partial charge in [0.25, 0.3) is 8.32 Å². The summed E-state index contributed by atoms with van der Waals surface area (Å²) in [5.41, 5.74) is 5.46. The topological polar surface area (TPSA) is 70.9 Å². The molecule has 0 saturated heterocycles. The summed E-state index contributed by atoms with van der Waals surface area (Å²) >= 11 is 0. The largest absolute Gasteiger partial charge is 0.407 e. The van der Waals surface area contributed by atoms with Gasteiger partial charge < -0.3 is 14.1 Å². The third kappa shape index (κ3) is 6.01. The van der Waals surface area contributed by atoms with Crippen molar-refractivity contribution in [1.82, 2.24) is 9.97 Å². The molecule has 5 aromatic rings. The number of H-pyrrole nitrogens is 1. The molecule has 0 amide bonds. The molecule has 2 aromatic heterocycles. The number of ether oxygens (including phenoxy) is 1. The van der Waals surface area contributed by atoms with Gasteiger partial charge in [0.15, 0.2) is 0 Å². The van der Waals surface area contributed by atoms with Crippen LogP contribution in [0.25, 0.3) is 22.2 Å². The van der Waals surface area contributed by atoms with Gasteiger partial charge in [-0.25, -0.2) is 0 Å². The van der Waals surface area contributed by atoms with Crippen molar-refractivity contribution >= 4 is 29.6 Å². The van der Waals surface area contributed by atoms with E-state index in [1.165, 1.54) is 10.4 Å². The standard InChI is InChI=1S/C38H43N3O2Si/c1-27(42-7)35-31(19-14-22-40-35)36-33(32-23-28(25-39)20-21-34(32)41-36)24-38(5,6)26-43-44(37(2,3)4,29-15-10-8-11-16-29)30-17-12-9-13-18-30/h8-23,27,41H,24,26H2,1-7H3. The zero-order valence-corrected chi connectivity index (χ0v) is 27.9. The maximum atomic E-state index is 9.76. The van der Waals surface area contributed by atoms with Gasteiger partial charge in [0.05, 0.1) is 29.1 Å². The minimum absolute atomic E-state index is 0.111. The van der Waals surface area contributed by atoms with E-state index < -0.39 is 8.32 Å². The van der Waals surface area contributed by atoms with Gasteiger partial charge in [0.2, 0.25) is 0 Å². The Bertz CT molecular complexity index is 1730. The number of fused-ring (bicyclic) bond motifs is 1. The molecule has 0 fully saturated rings. The first-order chi connectivity index (χ1) is 21.0. The first-order valence-corrected chi connectivity index (χ1v) is 17.2. The van der Waals surface area contributed by atoms with Gasteiger partial charge in [-0.1, -0.05) is 95.3 Å². The highest BCUT2D eigenvalue weighted by atomic mass is 28.4. The van der Waals surface area contributed by atoms with Crippen molar-refractivity contribution in [3.05, 3.63) is 114 Å². The molecule has 0 radical (unpaired) electrons. The van der Waals surface area contributed by atoms with Crippen LogP contribution in [0.5, 0.6) is 0 Å². The fourth-order valence-corrected chi connectivity index (χ4v) is 11.2. The Morgan fingerprint density at radius 3 is 2.09 bits per heavy atom. The Morgan fingerprint density at radius 1 is 0.886 bits per heavy atom. The highest BCUT2D eigenvalue weighted by molar-refractivity contribution is 6.99. The molecular formula is C38H43N3O2Si. The summed E-state index contributed by atoms with van der Waals surface area (Å²) in [6.07, 6.45) is 2.38. The van der Waals surface area contributed by atoms with Crippen LogP contribution in [-0.2, 0) is 15.6 Å². The lowest BCUT2D eigenvalue weighted by atomic mass is 9.84. The number of benzene rings is 3. The van der Waals surface area contributed by atoms with Gasteiger partial charge in [-0.15, -0.1) is 0 Å². The van der Waals surface area contributed by atoms with Gasteiger partial charge >= 0.3 is 0 Å². The normalized spacial score (nSPS) is 13.1. The average Bonchev–Trinajstić information content (AvgIpc) is 3.37. The molecule has 0 aliphatic carbocycles. The summed E-state index contributed by atoms with van der Waals surface area (Å²) in [6.45, 7) is 14.1. The maximum Gasteiger partial charge on any atom is 0.261 e. The molecule has 0 aliphatic rings. The van der Waals surface area contributed by atoms with Crippen molar-refractivity contribution in [2.45, 2.75) is 59.1 Å². The zero-order chi connectivity index (χ0) is 31.5. The van der Waals surface area contributed by atoms with Crippen LogP contribution in [-0.4, -0.2) is 32.0 Å². The summed E-state index contributed by atoms with van der Waals surface area (Å²) in [5.74, 6) is 0. The number of aromatic amines is 1. The number of pyridine rings is 1. The van der Waals surface area contributed by atoms with Gasteiger partial charge in [-0.05, 0) is 70.1 Å². The van der Waals surface area contributed by atoms with Crippen molar-refractivity contribution in [3.8, 4) is 17.3 Å².